The highest BCUT2D eigenvalue weighted by molar-refractivity contribution is 5.05. The van der Waals surface area contributed by atoms with Gasteiger partial charge in [0.15, 0.2) is 6.29 Å². The lowest BCUT2D eigenvalue weighted by molar-refractivity contribution is -0.106. The lowest BCUT2D eigenvalue weighted by Gasteiger charge is -2.12. The number of nitrogens with zero attached hydrogens (tertiary/aromatic N) is 2. The molecule has 1 saturated heterocycles. The second-order valence-electron chi connectivity index (χ2n) is 2.50. The van der Waals surface area contributed by atoms with Gasteiger partial charge in [-0.2, -0.15) is 5.26 Å². The van der Waals surface area contributed by atoms with E-state index in [4.69, 9.17) is 14.7 Å². The summed E-state index contributed by atoms with van der Waals surface area (Å²) in [7, 11) is 3.19. The summed E-state index contributed by atoms with van der Waals surface area (Å²) in [4.78, 5) is 2.00. The zero-order valence-corrected chi connectivity index (χ0v) is 6.78. The number of methoxy groups -OCH3 is 2. The summed E-state index contributed by atoms with van der Waals surface area (Å²) in [5.74, 6) is 0. The van der Waals surface area contributed by atoms with Gasteiger partial charge in [0, 0.05) is 20.8 Å². The molecule has 0 aromatic carbocycles. The first-order valence-electron chi connectivity index (χ1n) is 3.51. The van der Waals surface area contributed by atoms with Crippen LogP contribution in [0.15, 0.2) is 0 Å². The minimum absolute atomic E-state index is 0.0859. The minimum atomic E-state index is -0.201. The number of hydrogen-bond donors (Lipinski definition) is 0. The van der Waals surface area contributed by atoms with Crippen molar-refractivity contribution in [3.63, 3.8) is 0 Å². The molecule has 2 unspecified atom stereocenters. The Morgan fingerprint density at radius 2 is 2.27 bits per heavy atom. The lowest BCUT2D eigenvalue weighted by Crippen LogP contribution is -2.24. The van der Waals surface area contributed by atoms with E-state index in [1.807, 2.05) is 4.90 Å². The molecule has 0 aromatic rings. The zero-order valence-electron chi connectivity index (χ0n) is 6.78. The molecule has 0 saturated carbocycles. The van der Waals surface area contributed by atoms with Gasteiger partial charge in [-0.05, 0) is 0 Å². The third-order valence-electron chi connectivity index (χ3n) is 1.77. The highest BCUT2D eigenvalue weighted by Gasteiger charge is 2.35. The Hall–Kier alpha value is -0.630. The van der Waals surface area contributed by atoms with Gasteiger partial charge in [0.05, 0.1) is 12.6 Å². The average Bonchev–Trinajstić information content (AvgIpc) is 2.78. The third kappa shape index (κ3) is 2.15. The molecule has 4 nitrogen and oxygen atoms in total. The quantitative estimate of drug-likeness (QED) is 0.418. The molecule has 1 rings (SSSR count). The first-order chi connectivity index (χ1) is 5.31. The molecule has 0 N–H and O–H groups in total. The van der Waals surface area contributed by atoms with E-state index < -0.39 is 0 Å². The minimum Gasteiger partial charge on any atom is -0.355 e. The summed E-state index contributed by atoms with van der Waals surface area (Å²) >= 11 is 0. The SMILES string of the molecule is COC(CN1CC1C#N)OC. The van der Waals surface area contributed by atoms with E-state index in [9.17, 15) is 0 Å². The Morgan fingerprint density at radius 1 is 1.64 bits per heavy atom. The molecule has 0 aliphatic carbocycles. The molecule has 1 fully saturated rings. The molecule has 1 aliphatic heterocycles. The van der Waals surface area contributed by atoms with Crippen LogP contribution in [0.2, 0.25) is 0 Å². The van der Waals surface area contributed by atoms with Crippen LogP contribution >= 0.6 is 0 Å². The summed E-state index contributed by atoms with van der Waals surface area (Å²) < 4.78 is 9.94. The number of hydrogen-bond acceptors (Lipinski definition) is 4. The van der Waals surface area contributed by atoms with Crippen LogP contribution in [-0.2, 0) is 9.47 Å². The van der Waals surface area contributed by atoms with Crippen molar-refractivity contribution >= 4 is 0 Å². The topological polar surface area (TPSA) is 45.3 Å². The van der Waals surface area contributed by atoms with Gasteiger partial charge >= 0.3 is 0 Å². The predicted molar refractivity (Wildman–Crippen MR) is 38.8 cm³/mol. The molecule has 11 heavy (non-hydrogen) atoms. The zero-order chi connectivity index (χ0) is 8.27. The summed E-state index contributed by atoms with van der Waals surface area (Å²) in [6.45, 7) is 1.53. The normalized spacial score (nSPS) is 28.5. The number of nitriles is 1. The molecule has 2 atom stereocenters. The van der Waals surface area contributed by atoms with E-state index in [1.54, 1.807) is 14.2 Å². The number of rotatable bonds is 4. The van der Waals surface area contributed by atoms with Crippen molar-refractivity contribution in [3.8, 4) is 6.07 Å². The Kier molecular flexibility index (Phi) is 2.83. The van der Waals surface area contributed by atoms with Crippen molar-refractivity contribution in [1.29, 1.82) is 5.26 Å². The Labute approximate surface area is 66.3 Å². The largest absolute Gasteiger partial charge is 0.355 e. The van der Waals surface area contributed by atoms with E-state index in [1.165, 1.54) is 0 Å². The van der Waals surface area contributed by atoms with Crippen molar-refractivity contribution in [2.45, 2.75) is 12.3 Å². The van der Waals surface area contributed by atoms with Gasteiger partial charge in [-0.15, -0.1) is 0 Å². The van der Waals surface area contributed by atoms with E-state index in [0.29, 0.717) is 6.54 Å². The summed E-state index contributed by atoms with van der Waals surface area (Å²) in [6, 6.07) is 2.24. The van der Waals surface area contributed by atoms with Gasteiger partial charge in [0.1, 0.15) is 6.04 Å². The maximum atomic E-state index is 8.46. The van der Waals surface area contributed by atoms with Gasteiger partial charge in [-0.1, -0.05) is 0 Å². The van der Waals surface area contributed by atoms with Gasteiger partial charge in [0.2, 0.25) is 0 Å². The van der Waals surface area contributed by atoms with Gasteiger partial charge < -0.3 is 9.47 Å². The van der Waals surface area contributed by atoms with Crippen molar-refractivity contribution in [3.05, 3.63) is 0 Å². The highest BCUT2D eigenvalue weighted by atomic mass is 16.7. The van der Waals surface area contributed by atoms with E-state index >= 15 is 0 Å². The Bertz CT molecular complexity index is 162. The fourth-order valence-corrected chi connectivity index (χ4v) is 0.936. The molecule has 0 radical (unpaired) electrons. The predicted octanol–water partition coefficient (Wildman–Crippen LogP) is -0.187. The van der Waals surface area contributed by atoms with Crippen molar-refractivity contribution in [1.82, 2.24) is 4.90 Å². The van der Waals surface area contributed by atoms with Gasteiger partial charge in [-0.3, -0.25) is 4.90 Å². The van der Waals surface area contributed by atoms with E-state index in [-0.39, 0.29) is 12.3 Å². The van der Waals surface area contributed by atoms with Gasteiger partial charge in [-0.25, -0.2) is 0 Å². The molecule has 4 heteroatoms. The van der Waals surface area contributed by atoms with Crippen LogP contribution in [0, 0.1) is 11.3 Å². The van der Waals surface area contributed by atoms with Crippen molar-refractivity contribution < 1.29 is 9.47 Å². The molecule has 62 valence electrons. The molecular weight excluding hydrogens is 144 g/mol. The van der Waals surface area contributed by atoms with E-state index in [0.717, 1.165) is 6.54 Å². The average molecular weight is 156 g/mol. The van der Waals surface area contributed by atoms with Gasteiger partial charge in [0.25, 0.3) is 0 Å². The van der Waals surface area contributed by atoms with Crippen LogP contribution in [0.4, 0.5) is 0 Å². The molecule has 1 heterocycles. The fourth-order valence-electron chi connectivity index (χ4n) is 0.936. The molecule has 0 spiro atoms. The summed E-state index contributed by atoms with van der Waals surface area (Å²) in [5.41, 5.74) is 0. The van der Waals surface area contributed by atoms with Crippen LogP contribution in [0.1, 0.15) is 0 Å². The maximum Gasteiger partial charge on any atom is 0.169 e. The maximum absolute atomic E-state index is 8.46. The number of ether oxygens (including phenoxy) is 2. The van der Waals surface area contributed by atoms with Crippen LogP contribution in [0.25, 0.3) is 0 Å². The Balaban J connectivity index is 2.17. The van der Waals surface area contributed by atoms with Crippen LogP contribution in [0.5, 0.6) is 0 Å². The molecule has 0 bridgehead atoms. The Morgan fingerprint density at radius 3 is 2.64 bits per heavy atom. The first-order valence-corrected chi connectivity index (χ1v) is 3.51. The summed E-state index contributed by atoms with van der Waals surface area (Å²) in [6.07, 6.45) is -0.201. The monoisotopic (exact) mass is 156 g/mol. The molecule has 0 amide bonds. The van der Waals surface area contributed by atoms with Crippen LogP contribution in [-0.4, -0.2) is 44.5 Å². The second kappa shape index (κ2) is 3.67. The second-order valence-corrected chi connectivity index (χ2v) is 2.50. The first kappa shape index (κ1) is 8.47. The van der Waals surface area contributed by atoms with Crippen LogP contribution in [0.3, 0.4) is 0 Å². The standard InChI is InChI=1S/C7H12N2O2/c1-10-7(11-2)5-9-4-6(9)3-8/h6-7H,4-5H2,1-2H3. The fraction of sp³-hybridized carbons (Fsp3) is 0.857. The molecular formula is C7H12N2O2. The van der Waals surface area contributed by atoms with E-state index in [2.05, 4.69) is 6.07 Å². The lowest BCUT2D eigenvalue weighted by atomic mass is 10.5. The molecule has 1 aliphatic rings. The van der Waals surface area contributed by atoms with Crippen molar-refractivity contribution in [2.75, 3.05) is 27.3 Å². The highest BCUT2D eigenvalue weighted by Crippen LogP contribution is 2.16. The van der Waals surface area contributed by atoms with Crippen molar-refractivity contribution in [2.24, 2.45) is 0 Å². The van der Waals surface area contributed by atoms with Crippen LogP contribution < -0.4 is 0 Å². The third-order valence-corrected chi connectivity index (χ3v) is 1.77. The molecule has 0 aromatic heterocycles. The summed E-state index contributed by atoms with van der Waals surface area (Å²) in [5, 5.41) is 8.46. The smallest absolute Gasteiger partial charge is 0.169 e.